The van der Waals surface area contributed by atoms with Gasteiger partial charge in [-0.05, 0) is 49.2 Å². The molecule has 0 saturated carbocycles. The molecule has 0 atom stereocenters. The Hall–Kier alpha value is -3.65. The Bertz CT molecular complexity index is 1070. The molecular formula is C22H21ClN6O2. The molecule has 0 spiro atoms. The number of nitrogens with one attached hydrogen (secondary N) is 3. The maximum atomic E-state index is 12.7. The fraction of sp³-hybridized carbons (Fsp3) is 0.182. The van der Waals surface area contributed by atoms with Crippen molar-refractivity contribution in [2.45, 2.75) is 12.8 Å². The molecule has 4 rings (SSSR count). The van der Waals surface area contributed by atoms with Gasteiger partial charge < -0.3 is 20.9 Å². The highest BCUT2D eigenvalue weighted by Gasteiger charge is 2.19. The van der Waals surface area contributed by atoms with Crippen molar-refractivity contribution >= 4 is 46.5 Å². The topological polar surface area (TPSA) is 99.2 Å². The average molecular weight is 437 g/mol. The summed E-state index contributed by atoms with van der Waals surface area (Å²) in [6, 6.07) is 15.5. The van der Waals surface area contributed by atoms with Gasteiger partial charge in [-0.15, -0.1) is 0 Å². The van der Waals surface area contributed by atoms with Crippen LogP contribution in [0.1, 0.15) is 23.3 Å². The summed E-state index contributed by atoms with van der Waals surface area (Å²) >= 11 is 6.15. The third-order valence-corrected chi connectivity index (χ3v) is 5.04. The lowest BCUT2D eigenvalue weighted by Crippen LogP contribution is -2.23. The monoisotopic (exact) mass is 436 g/mol. The molecule has 2 heterocycles. The molecule has 0 radical (unpaired) electrons. The number of carbonyl (C=O) groups is 2. The summed E-state index contributed by atoms with van der Waals surface area (Å²) in [5.41, 5.74) is 1.96. The number of hydrogen-bond donors (Lipinski definition) is 3. The van der Waals surface area contributed by atoms with Gasteiger partial charge in [0.2, 0.25) is 5.95 Å². The summed E-state index contributed by atoms with van der Waals surface area (Å²) in [5.74, 6) is 0.0893. The molecule has 1 fully saturated rings. The summed E-state index contributed by atoms with van der Waals surface area (Å²) < 4.78 is 0. The summed E-state index contributed by atoms with van der Waals surface area (Å²) in [6.07, 6.45) is 3.62. The molecule has 0 unspecified atom stereocenters. The summed E-state index contributed by atoms with van der Waals surface area (Å²) in [7, 11) is 0. The highest BCUT2D eigenvalue weighted by Crippen LogP contribution is 2.21. The van der Waals surface area contributed by atoms with Crippen LogP contribution in [0, 0.1) is 0 Å². The van der Waals surface area contributed by atoms with E-state index in [1.165, 1.54) is 6.20 Å². The molecule has 1 aliphatic rings. The number of benzene rings is 2. The molecule has 3 N–H and O–H groups in total. The van der Waals surface area contributed by atoms with Crippen molar-refractivity contribution in [1.29, 1.82) is 0 Å². The Labute approximate surface area is 184 Å². The zero-order valence-corrected chi connectivity index (χ0v) is 17.4. The first-order valence-corrected chi connectivity index (χ1v) is 10.3. The van der Waals surface area contributed by atoms with Crippen molar-refractivity contribution in [2.24, 2.45) is 0 Å². The van der Waals surface area contributed by atoms with E-state index in [1.807, 2.05) is 23.1 Å². The molecule has 1 aliphatic heterocycles. The van der Waals surface area contributed by atoms with Gasteiger partial charge in [0.05, 0.1) is 11.2 Å². The van der Waals surface area contributed by atoms with Gasteiger partial charge >= 0.3 is 6.03 Å². The van der Waals surface area contributed by atoms with E-state index in [-0.39, 0.29) is 16.7 Å². The molecule has 9 heteroatoms. The zero-order valence-electron chi connectivity index (χ0n) is 16.6. The van der Waals surface area contributed by atoms with Gasteiger partial charge in [0.25, 0.3) is 5.91 Å². The number of nitrogens with zero attached hydrogens (tertiary/aromatic N) is 3. The summed E-state index contributed by atoms with van der Waals surface area (Å²) in [6.45, 7) is 1.74. The van der Waals surface area contributed by atoms with Gasteiger partial charge in [-0.2, -0.15) is 0 Å². The second kappa shape index (κ2) is 9.44. The normalized spacial score (nSPS) is 13.0. The number of anilines is 4. The second-order valence-corrected chi connectivity index (χ2v) is 7.44. The minimum atomic E-state index is -0.421. The van der Waals surface area contributed by atoms with Crippen LogP contribution in [0.4, 0.5) is 27.8 Å². The fourth-order valence-corrected chi connectivity index (χ4v) is 3.41. The van der Waals surface area contributed by atoms with E-state index in [0.717, 1.165) is 25.9 Å². The van der Waals surface area contributed by atoms with Crippen LogP contribution in [0.3, 0.4) is 0 Å². The van der Waals surface area contributed by atoms with E-state index >= 15 is 0 Å². The molecule has 158 valence electrons. The SMILES string of the molecule is O=C(Nc1ccccc1)Nc1ccc(NC(=O)c2nc(N3CCCC3)ncc2Cl)cc1. The number of aromatic nitrogens is 2. The number of hydrogen-bond acceptors (Lipinski definition) is 5. The second-order valence-electron chi connectivity index (χ2n) is 7.04. The van der Waals surface area contributed by atoms with Crippen LogP contribution in [0.15, 0.2) is 60.8 Å². The van der Waals surface area contributed by atoms with Gasteiger partial charge in [0.1, 0.15) is 0 Å². The van der Waals surface area contributed by atoms with Crippen LogP contribution in [-0.4, -0.2) is 35.0 Å². The molecule has 1 saturated heterocycles. The van der Waals surface area contributed by atoms with Crippen molar-refractivity contribution in [2.75, 3.05) is 33.9 Å². The Morgan fingerprint density at radius 1 is 0.839 bits per heavy atom. The Morgan fingerprint density at radius 2 is 1.42 bits per heavy atom. The third kappa shape index (κ3) is 5.29. The maximum absolute atomic E-state index is 12.7. The largest absolute Gasteiger partial charge is 0.341 e. The quantitative estimate of drug-likeness (QED) is 0.541. The van der Waals surface area contributed by atoms with Gasteiger partial charge in [-0.1, -0.05) is 29.8 Å². The molecule has 1 aromatic heterocycles. The molecule has 3 amide bonds. The molecular weight excluding hydrogens is 416 g/mol. The van der Waals surface area contributed by atoms with E-state index in [2.05, 4.69) is 25.9 Å². The van der Waals surface area contributed by atoms with E-state index in [1.54, 1.807) is 36.4 Å². The van der Waals surface area contributed by atoms with Crippen molar-refractivity contribution in [3.05, 3.63) is 71.5 Å². The first-order valence-electron chi connectivity index (χ1n) is 9.90. The average Bonchev–Trinajstić information content (AvgIpc) is 3.31. The Morgan fingerprint density at radius 3 is 2.06 bits per heavy atom. The minimum Gasteiger partial charge on any atom is -0.341 e. The highest BCUT2D eigenvalue weighted by atomic mass is 35.5. The highest BCUT2D eigenvalue weighted by molar-refractivity contribution is 6.34. The molecule has 3 aromatic rings. The number of para-hydroxylation sites is 1. The molecule has 0 bridgehead atoms. The minimum absolute atomic E-state index is 0.128. The Balaban J connectivity index is 1.38. The number of rotatable bonds is 5. The first kappa shape index (κ1) is 20.6. The van der Waals surface area contributed by atoms with Crippen LogP contribution in [-0.2, 0) is 0 Å². The lowest BCUT2D eigenvalue weighted by Gasteiger charge is -2.16. The van der Waals surface area contributed by atoms with Crippen LogP contribution >= 0.6 is 11.6 Å². The van der Waals surface area contributed by atoms with Crippen molar-refractivity contribution < 1.29 is 9.59 Å². The third-order valence-electron chi connectivity index (χ3n) is 4.77. The van der Waals surface area contributed by atoms with E-state index in [0.29, 0.717) is 23.0 Å². The zero-order chi connectivity index (χ0) is 21.6. The molecule has 2 aromatic carbocycles. The number of amides is 3. The van der Waals surface area contributed by atoms with Crippen LogP contribution < -0.4 is 20.9 Å². The molecule has 8 nitrogen and oxygen atoms in total. The lowest BCUT2D eigenvalue weighted by atomic mass is 10.2. The maximum Gasteiger partial charge on any atom is 0.323 e. The van der Waals surface area contributed by atoms with Crippen LogP contribution in [0.2, 0.25) is 5.02 Å². The summed E-state index contributed by atoms with van der Waals surface area (Å²) in [4.78, 5) is 35.4. The van der Waals surface area contributed by atoms with E-state index < -0.39 is 5.91 Å². The van der Waals surface area contributed by atoms with Crippen LogP contribution in [0.5, 0.6) is 0 Å². The summed E-state index contributed by atoms with van der Waals surface area (Å²) in [5, 5.41) is 8.45. The fourth-order valence-electron chi connectivity index (χ4n) is 3.23. The Kier molecular flexibility index (Phi) is 6.28. The van der Waals surface area contributed by atoms with E-state index in [4.69, 9.17) is 11.6 Å². The van der Waals surface area contributed by atoms with Gasteiger partial charge in [0, 0.05) is 30.2 Å². The lowest BCUT2D eigenvalue weighted by molar-refractivity contribution is 0.102. The van der Waals surface area contributed by atoms with Gasteiger partial charge in [0.15, 0.2) is 5.69 Å². The van der Waals surface area contributed by atoms with Crippen molar-refractivity contribution in [1.82, 2.24) is 9.97 Å². The number of halogens is 1. The predicted octanol–water partition coefficient (Wildman–Crippen LogP) is 4.63. The smallest absolute Gasteiger partial charge is 0.323 e. The number of urea groups is 1. The van der Waals surface area contributed by atoms with Gasteiger partial charge in [-0.25, -0.2) is 14.8 Å². The molecule has 0 aliphatic carbocycles. The van der Waals surface area contributed by atoms with E-state index in [9.17, 15) is 9.59 Å². The van der Waals surface area contributed by atoms with Gasteiger partial charge in [-0.3, -0.25) is 4.79 Å². The van der Waals surface area contributed by atoms with Crippen molar-refractivity contribution in [3.8, 4) is 0 Å². The van der Waals surface area contributed by atoms with Crippen LogP contribution in [0.25, 0.3) is 0 Å². The predicted molar refractivity (Wildman–Crippen MR) is 122 cm³/mol. The molecule has 31 heavy (non-hydrogen) atoms. The first-order chi connectivity index (χ1) is 15.1. The number of carbonyl (C=O) groups excluding carboxylic acids is 2. The van der Waals surface area contributed by atoms with Crippen molar-refractivity contribution in [3.63, 3.8) is 0 Å². The standard InChI is InChI=1S/C22H21ClN6O2/c23-18-14-24-21(29-12-4-5-13-29)28-19(18)20(30)25-16-8-10-17(11-9-16)27-22(31)26-15-6-2-1-3-7-15/h1-3,6-11,14H,4-5,12-13H2,(H,25,30)(H2,26,27,31).